The third-order valence-electron chi connectivity index (χ3n) is 5.78. The quantitative estimate of drug-likeness (QED) is 0.442. The van der Waals surface area contributed by atoms with Gasteiger partial charge in [0.25, 0.3) is 23.6 Å². The maximum Gasteiger partial charge on any atom is 0.269 e. The molecule has 2 aromatic rings. The Hall–Kier alpha value is -3.82. The molecule has 0 radical (unpaired) electrons. The first-order valence-electron chi connectivity index (χ1n) is 12.6. The van der Waals surface area contributed by atoms with E-state index in [9.17, 15) is 19.2 Å². The van der Waals surface area contributed by atoms with Crippen LogP contribution in [0.25, 0.3) is 0 Å². The highest BCUT2D eigenvalue weighted by Crippen LogP contribution is 2.05. The number of hydrogen-bond donors (Lipinski definition) is 4. The third kappa shape index (κ3) is 8.75. The highest BCUT2D eigenvalue weighted by atomic mass is 16.2. The van der Waals surface area contributed by atoms with Gasteiger partial charge in [0.1, 0.15) is 22.8 Å². The van der Waals surface area contributed by atoms with Crippen LogP contribution in [0.15, 0.2) is 36.4 Å². The number of fused-ring (bicyclic) bond motifs is 4. The molecule has 4 N–H and O–H groups in total. The van der Waals surface area contributed by atoms with Gasteiger partial charge in [0.05, 0.1) is 0 Å². The van der Waals surface area contributed by atoms with Crippen molar-refractivity contribution in [1.29, 1.82) is 0 Å². The first-order chi connectivity index (χ1) is 17.5. The van der Waals surface area contributed by atoms with Crippen molar-refractivity contribution in [3.8, 4) is 0 Å². The van der Waals surface area contributed by atoms with Crippen molar-refractivity contribution in [3.05, 3.63) is 59.2 Å². The molecule has 4 bridgehead atoms. The molecular weight excluding hydrogens is 460 g/mol. The predicted molar refractivity (Wildman–Crippen MR) is 135 cm³/mol. The molecule has 0 spiro atoms. The number of pyridine rings is 2. The Kier molecular flexibility index (Phi) is 10.8. The average molecular weight is 495 g/mol. The van der Waals surface area contributed by atoms with Crippen molar-refractivity contribution in [2.24, 2.45) is 0 Å². The summed E-state index contributed by atoms with van der Waals surface area (Å²) in [6, 6.07) is 9.67. The molecular formula is C26H34N6O4. The van der Waals surface area contributed by atoms with Gasteiger partial charge in [0.2, 0.25) is 0 Å². The van der Waals surface area contributed by atoms with Gasteiger partial charge in [-0.05, 0) is 49.9 Å². The van der Waals surface area contributed by atoms with Gasteiger partial charge in [-0.25, -0.2) is 9.97 Å². The summed E-state index contributed by atoms with van der Waals surface area (Å²) in [7, 11) is 0. The summed E-state index contributed by atoms with van der Waals surface area (Å²) in [5.41, 5.74) is 0.858. The van der Waals surface area contributed by atoms with Crippen LogP contribution in [0, 0.1) is 0 Å². The second-order valence-electron chi connectivity index (χ2n) is 8.67. The van der Waals surface area contributed by atoms with Crippen LogP contribution in [0.2, 0.25) is 0 Å². The van der Waals surface area contributed by atoms with Crippen molar-refractivity contribution in [2.75, 3.05) is 26.2 Å². The number of nitrogens with zero attached hydrogens (tertiary/aromatic N) is 2. The predicted octanol–water partition coefficient (Wildman–Crippen LogP) is 2.23. The number of hydrogen-bond acceptors (Lipinski definition) is 6. The summed E-state index contributed by atoms with van der Waals surface area (Å²) < 4.78 is 0. The lowest BCUT2D eigenvalue weighted by molar-refractivity contribution is 0.0926. The number of nitrogens with one attached hydrogen (secondary N) is 4. The molecule has 3 rings (SSSR count). The summed E-state index contributed by atoms with van der Waals surface area (Å²) in [5.74, 6) is -1.22. The molecule has 0 aromatic carbocycles. The molecule has 0 saturated carbocycles. The number of rotatable bonds is 0. The van der Waals surface area contributed by atoms with Crippen LogP contribution in [0.5, 0.6) is 0 Å². The summed E-state index contributed by atoms with van der Waals surface area (Å²) in [6.07, 6.45) is 6.72. The Balaban J connectivity index is 1.56. The Labute approximate surface area is 211 Å². The van der Waals surface area contributed by atoms with Gasteiger partial charge in [-0.2, -0.15) is 0 Å². The van der Waals surface area contributed by atoms with Gasteiger partial charge in [-0.3, -0.25) is 19.2 Å². The zero-order valence-corrected chi connectivity index (χ0v) is 20.5. The SMILES string of the molecule is O=C1NCCCCCCNC(=O)c2cccc(n2)C(=O)NCCCCCCNC(=O)c2cccc1n2. The molecule has 0 atom stereocenters. The number of aromatic nitrogens is 2. The zero-order valence-electron chi connectivity index (χ0n) is 20.5. The number of amides is 4. The lowest BCUT2D eigenvalue weighted by Gasteiger charge is -2.09. The topological polar surface area (TPSA) is 142 Å². The summed E-state index contributed by atoms with van der Waals surface area (Å²) >= 11 is 0. The van der Waals surface area contributed by atoms with Crippen LogP contribution in [0.1, 0.15) is 93.3 Å². The summed E-state index contributed by atoms with van der Waals surface area (Å²) in [6.45, 7) is 2.01. The van der Waals surface area contributed by atoms with Gasteiger partial charge in [-0.1, -0.05) is 37.8 Å². The second kappa shape index (κ2) is 14.6. The van der Waals surface area contributed by atoms with Crippen LogP contribution < -0.4 is 21.3 Å². The van der Waals surface area contributed by atoms with E-state index >= 15 is 0 Å². The molecule has 10 heteroatoms. The van der Waals surface area contributed by atoms with E-state index in [1.54, 1.807) is 36.4 Å². The maximum absolute atomic E-state index is 12.4. The average Bonchev–Trinajstić information content (AvgIpc) is 2.90. The van der Waals surface area contributed by atoms with Crippen LogP contribution in [0.3, 0.4) is 0 Å². The summed E-state index contributed by atoms with van der Waals surface area (Å²) in [4.78, 5) is 58.0. The van der Waals surface area contributed by atoms with Crippen LogP contribution in [-0.2, 0) is 0 Å². The Morgan fingerprint density at radius 1 is 0.417 bits per heavy atom. The number of carbonyl (C=O) groups excluding carboxylic acids is 4. The molecule has 36 heavy (non-hydrogen) atoms. The molecule has 2 aromatic heterocycles. The van der Waals surface area contributed by atoms with Gasteiger partial charge in [0, 0.05) is 26.2 Å². The van der Waals surface area contributed by atoms with Gasteiger partial charge in [0.15, 0.2) is 0 Å². The molecule has 1 aliphatic heterocycles. The van der Waals surface area contributed by atoms with Crippen LogP contribution >= 0.6 is 0 Å². The van der Waals surface area contributed by atoms with Crippen LogP contribution in [-0.4, -0.2) is 59.8 Å². The van der Waals surface area contributed by atoms with E-state index in [0.29, 0.717) is 26.2 Å². The van der Waals surface area contributed by atoms with Crippen LogP contribution in [0.4, 0.5) is 0 Å². The third-order valence-corrected chi connectivity index (χ3v) is 5.78. The maximum atomic E-state index is 12.4. The fourth-order valence-electron chi connectivity index (χ4n) is 3.75. The Bertz CT molecular complexity index is 900. The minimum Gasteiger partial charge on any atom is -0.351 e. The fourth-order valence-corrected chi connectivity index (χ4v) is 3.75. The van der Waals surface area contributed by atoms with Gasteiger partial charge in [-0.15, -0.1) is 0 Å². The second-order valence-corrected chi connectivity index (χ2v) is 8.67. The van der Waals surface area contributed by atoms with E-state index < -0.39 is 0 Å². The van der Waals surface area contributed by atoms with Crippen molar-refractivity contribution in [1.82, 2.24) is 31.2 Å². The lowest BCUT2D eigenvalue weighted by Crippen LogP contribution is -2.29. The molecule has 1 aliphatic rings. The van der Waals surface area contributed by atoms with E-state index in [-0.39, 0.29) is 46.4 Å². The fraction of sp³-hybridized carbons (Fsp3) is 0.462. The molecule has 192 valence electrons. The lowest BCUT2D eigenvalue weighted by atomic mass is 10.2. The van der Waals surface area contributed by atoms with E-state index in [4.69, 9.17) is 0 Å². The minimum atomic E-state index is -0.305. The van der Waals surface area contributed by atoms with Gasteiger partial charge < -0.3 is 21.3 Å². The van der Waals surface area contributed by atoms with E-state index in [0.717, 1.165) is 51.4 Å². The standard InChI is InChI=1S/C26H34N6O4/c33-23-19-11-9-13-21(31-19)25(35)29-17-7-3-4-8-18-30-26(36)22-14-10-12-20(32-22)24(34)28-16-6-2-1-5-15-27-23/h9-14H,1-8,15-18H2,(H,27,33)(H,28,34)(H,29,35)(H,30,36). The molecule has 4 amide bonds. The van der Waals surface area contributed by atoms with E-state index in [1.807, 2.05) is 0 Å². The van der Waals surface area contributed by atoms with Crippen molar-refractivity contribution in [3.63, 3.8) is 0 Å². The molecule has 10 nitrogen and oxygen atoms in total. The Morgan fingerprint density at radius 2 is 0.667 bits per heavy atom. The molecule has 3 heterocycles. The molecule has 0 fully saturated rings. The van der Waals surface area contributed by atoms with Gasteiger partial charge >= 0.3 is 0 Å². The number of carbonyl (C=O) groups is 4. The van der Waals surface area contributed by atoms with Crippen molar-refractivity contribution < 1.29 is 19.2 Å². The first kappa shape index (κ1) is 26.8. The molecule has 0 unspecified atom stereocenters. The van der Waals surface area contributed by atoms with E-state index in [2.05, 4.69) is 31.2 Å². The largest absolute Gasteiger partial charge is 0.351 e. The Morgan fingerprint density at radius 3 is 0.917 bits per heavy atom. The minimum absolute atomic E-state index is 0.214. The normalized spacial score (nSPS) is 17.8. The summed E-state index contributed by atoms with van der Waals surface area (Å²) in [5, 5.41) is 11.4. The monoisotopic (exact) mass is 494 g/mol. The van der Waals surface area contributed by atoms with E-state index in [1.165, 1.54) is 0 Å². The zero-order chi connectivity index (χ0) is 25.6. The van der Waals surface area contributed by atoms with Crippen molar-refractivity contribution >= 4 is 23.6 Å². The highest BCUT2D eigenvalue weighted by molar-refractivity contribution is 5.97. The highest BCUT2D eigenvalue weighted by Gasteiger charge is 2.13. The molecule has 0 aliphatic carbocycles. The first-order valence-corrected chi connectivity index (χ1v) is 12.6. The molecule has 0 saturated heterocycles. The van der Waals surface area contributed by atoms with Crippen molar-refractivity contribution in [2.45, 2.75) is 51.4 Å². The smallest absolute Gasteiger partial charge is 0.269 e.